The van der Waals surface area contributed by atoms with Crippen molar-refractivity contribution in [2.75, 3.05) is 32.6 Å². The summed E-state index contributed by atoms with van der Waals surface area (Å²) in [7, 11) is 3.27. The zero-order valence-corrected chi connectivity index (χ0v) is 15.9. The van der Waals surface area contributed by atoms with E-state index in [9.17, 15) is 4.79 Å². The van der Waals surface area contributed by atoms with Gasteiger partial charge in [0.05, 0.1) is 7.11 Å². The van der Waals surface area contributed by atoms with Crippen LogP contribution in [0.1, 0.15) is 12.8 Å². The van der Waals surface area contributed by atoms with Crippen molar-refractivity contribution in [3.63, 3.8) is 0 Å². The van der Waals surface area contributed by atoms with Crippen LogP contribution in [0.15, 0.2) is 58.3 Å². The predicted octanol–water partition coefficient (Wildman–Crippen LogP) is 3.55. The maximum atomic E-state index is 12.7. The van der Waals surface area contributed by atoms with Crippen LogP contribution in [0.4, 0.5) is 5.69 Å². The molecule has 138 valence electrons. The lowest BCUT2D eigenvalue weighted by molar-refractivity contribution is -0.140. The Balaban J connectivity index is 1.62. The summed E-state index contributed by atoms with van der Waals surface area (Å²) < 4.78 is 10.7. The van der Waals surface area contributed by atoms with E-state index in [1.165, 1.54) is 0 Å². The van der Waals surface area contributed by atoms with Gasteiger partial charge in [-0.25, -0.2) is 0 Å². The zero-order chi connectivity index (χ0) is 18.4. The lowest BCUT2D eigenvalue weighted by Gasteiger charge is -2.34. The normalized spacial score (nSPS) is 16.1. The first-order valence-corrected chi connectivity index (χ1v) is 9.46. The van der Waals surface area contributed by atoms with Crippen molar-refractivity contribution in [3.8, 4) is 5.75 Å². The van der Waals surface area contributed by atoms with Gasteiger partial charge in [-0.1, -0.05) is 11.8 Å². The van der Waals surface area contributed by atoms with Crippen LogP contribution in [-0.2, 0) is 9.53 Å². The van der Waals surface area contributed by atoms with E-state index in [2.05, 4.69) is 10.6 Å². The standard InChI is InChI=1S/C20H24N2O3S/c1-24-16-5-9-18(10-6-16)26-17-7-3-15(4-8-17)22-19(23)20(25-2)11-13-21-14-12-20/h3-10,21H,11-14H2,1-2H3,(H,22,23). The SMILES string of the molecule is COc1ccc(Sc2ccc(NC(=O)C3(OC)CCNCC3)cc2)cc1. The molecule has 0 saturated carbocycles. The van der Waals surface area contributed by atoms with Gasteiger partial charge in [-0.2, -0.15) is 0 Å². The van der Waals surface area contributed by atoms with E-state index in [0.29, 0.717) is 12.8 Å². The van der Waals surface area contributed by atoms with Crippen LogP contribution < -0.4 is 15.4 Å². The molecule has 1 saturated heterocycles. The molecule has 1 fully saturated rings. The zero-order valence-electron chi connectivity index (χ0n) is 15.1. The Hall–Kier alpha value is -2.02. The van der Waals surface area contributed by atoms with E-state index in [-0.39, 0.29) is 5.91 Å². The Morgan fingerprint density at radius 2 is 1.58 bits per heavy atom. The first-order valence-electron chi connectivity index (χ1n) is 8.64. The number of hydrogen-bond acceptors (Lipinski definition) is 5. The molecule has 26 heavy (non-hydrogen) atoms. The minimum absolute atomic E-state index is 0.0722. The highest BCUT2D eigenvalue weighted by Crippen LogP contribution is 2.30. The topological polar surface area (TPSA) is 59.6 Å². The van der Waals surface area contributed by atoms with E-state index in [0.717, 1.165) is 34.3 Å². The van der Waals surface area contributed by atoms with Crippen LogP contribution in [0.25, 0.3) is 0 Å². The number of ether oxygens (including phenoxy) is 2. The van der Waals surface area contributed by atoms with Crippen molar-refractivity contribution in [1.82, 2.24) is 5.32 Å². The lowest BCUT2D eigenvalue weighted by atomic mass is 9.91. The third kappa shape index (κ3) is 4.38. The fraction of sp³-hybridized carbons (Fsp3) is 0.350. The minimum Gasteiger partial charge on any atom is -0.497 e. The van der Waals surface area contributed by atoms with E-state index in [1.807, 2.05) is 48.5 Å². The summed E-state index contributed by atoms with van der Waals surface area (Å²) in [6.07, 6.45) is 1.36. The van der Waals surface area contributed by atoms with E-state index in [4.69, 9.17) is 9.47 Å². The van der Waals surface area contributed by atoms with E-state index in [1.54, 1.807) is 26.0 Å². The Labute approximate surface area is 158 Å². The number of nitrogens with one attached hydrogen (secondary N) is 2. The van der Waals surface area contributed by atoms with Gasteiger partial charge in [-0.05, 0) is 74.5 Å². The average molecular weight is 372 g/mol. The van der Waals surface area contributed by atoms with Crippen molar-refractivity contribution in [1.29, 1.82) is 0 Å². The molecule has 1 aliphatic rings. The number of carbonyl (C=O) groups excluding carboxylic acids is 1. The Kier molecular flexibility index (Phi) is 6.19. The van der Waals surface area contributed by atoms with E-state index >= 15 is 0 Å². The van der Waals surface area contributed by atoms with Gasteiger partial charge in [0, 0.05) is 22.6 Å². The fourth-order valence-electron chi connectivity index (χ4n) is 2.99. The van der Waals surface area contributed by atoms with Crippen molar-refractivity contribution in [2.24, 2.45) is 0 Å². The molecule has 1 heterocycles. The van der Waals surface area contributed by atoms with Crippen molar-refractivity contribution >= 4 is 23.4 Å². The summed E-state index contributed by atoms with van der Waals surface area (Å²) in [5.74, 6) is 0.773. The van der Waals surface area contributed by atoms with Gasteiger partial charge in [0.15, 0.2) is 0 Å². The highest BCUT2D eigenvalue weighted by Gasteiger charge is 2.39. The van der Waals surface area contributed by atoms with E-state index < -0.39 is 5.60 Å². The molecule has 1 amide bonds. The molecule has 0 radical (unpaired) electrons. The van der Waals surface area contributed by atoms with Gasteiger partial charge in [-0.15, -0.1) is 0 Å². The number of methoxy groups -OCH3 is 2. The largest absolute Gasteiger partial charge is 0.497 e. The fourth-order valence-corrected chi connectivity index (χ4v) is 3.80. The van der Waals surface area contributed by atoms with Crippen LogP contribution in [0.5, 0.6) is 5.75 Å². The van der Waals surface area contributed by atoms with Gasteiger partial charge in [-0.3, -0.25) is 4.79 Å². The maximum absolute atomic E-state index is 12.7. The van der Waals surface area contributed by atoms with Crippen LogP contribution in [-0.4, -0.2) is 38.8 Å². The molecule has 5 nitrogen and oxygen atoms in total. The van der Waals surface area contributed by atoms with Gasteiger partial charge in [0.25, 0.3) is 5.91 Å². The molecule has 3 rings (SSSR count). The number of piperidine rings is 1. The van der Waals surface area contributed by atoms with Gasteiger partial charge in [0.1, 0.15) is 11.4 Å². The quantitative estimate of drug-likeness (QED) is 0.812. The first-order chi connectivity index (χ1) is 12.6. The highest BCUT2D eigenvalue weighted by atomic mass is 32.2. The Morgan fingerprint density at radius 3 is 2.12 bits per heavy atom. The van der Waals surface area contributed by atoms with Gasteiger partial charge < -0.3 is 20.1 Å². The van der Waals surface area contributed by atoms with Crippen LogP contribution in [0.2, 0.25) is 0 Å². The molecule has 0 bridgehead atoms. The van der Waals surface area contributed by atoms with Crippen LogP contribution >= 0.6 is 11.8 Å². The molecule has 2 aromatic carbocycles. The molecular weight excluding hydrogens is 348 g/mol. The molecule has 1 aliphatic heterocycles. The van der Waals surface area contributed by atoms with Crippen molar-refractivity contribution in [2.45, 2.75) is 28.2 Å². The number of benzene rings is 2. The second-order valence-corrected chi connectivity index (χ2v) is 7.35. The lowest BCUT2D eigenvalue weighted by Crippen LogP contribution is -2.51. The molecule has 0 unspecified atom stereocenters. The first kappa shape index (κ1) is 18.8. The highest BCUT2D eigenvalue weighted by molar-refractivity contribution is 7.99. The van der Waals surface area contributed by atoms with Crippen LogP contribution in [0, 0.1) is 0 Å². The Morgan fingerprint density at radius 1 is 1.00 bits per heavy atom. The summed E-state index contributed by atoms with van der Waals surface area (Å²) in [4.78, 5) is 14.9. The van der Waals surface area contributed by atoms with Crippen molar-refractivity contribution in [3.05, 3.63) is 48.5 Å². The van der Waals surface area contributed by atoms with Gasteiger partial charge >= 0.3 is 0 Å². The summed E-state index contributed by atoms with van der Waals surface area (Å²) >= 11 is 1.66. The summed E-state index contributed by atoms with van der Waals surface area (Å²) in [6.45, 7) is 1.58. The summed E-state index contributed by atoms with van der Waals surface area (Å²) in [6, 6.07) is 15.8. The molecule has 2 aromatic rings. The summed E-state index contributed by atoms with van der Waals surface area (Å²) in [5.41, 5.74) is 0.0472. The Bertz CT molecular complexity index is 726. The third-order valence-electron chi connectivity index (χ3n) is 4.62. The third-order valence-corrected chi connectivity index (χ3v) is 5.64. The minimum atomic E-state index is -0.734. The maximum Gasteiger partial charge on any atom is 0.256 e. The molecule has 6 heteroatoms. The number of rotatable bonds is 6. The number of carbonyl (C=O) groups is 1. The average Bonchev–Trinajstić information content (AvgIpc) is 2.70. The second-order valence-electron chi connectivity index (χ2n) is 6.20. The molecule has 0 atom stereocenters. The molecule has 0 spiro atoms. The second kappa shape index (κ2) is 8.58. The number of anilines is 1. The molecule has 0 aliphatic carbocycles. The molecular formula is C20H24N2O3S. The molecule has 0 aromatic heterocycles. The van der Waals surface area contributed by atoms with Crippen molar-refractivity contribution < 1.29 is 14.3 Å². The number of hydrogen-bond donors (Lipinski definition) is 2. The predicted molar refractivity (Wildman–Crippen MR) is 104 cm³/mol. The summed E-state index contributed by atoms with van der Waals surface area (Å²) in [5, 5.41) is 6.25. The number of amides is 1. The van der Waals surface area contributed by atoms with Gasteiger partial charge in [0.2, 0.25) is 0 Å². The monoisotopic (exact) mass is 372 g/mol. The van der Waals surface area contributed by atoms with Crippen LogP contribution in [0.3, 0.4) is 0 Å². The molecule has 2 N–H and O–H groups in total. The smallest absolute Gasteiger partial charge is 0.256 e.